The molecule has 0 radical (unpaired) electrons. The number of hydrogen-bond donors (Lipinski definition) is 3. The molecular weight excluding hydrogens is 370 g/mol. The maximum absolute atomic E-state index is 12.5. The van der Waals surface area contributed by atoms with Gasteiger partial charge in [0.2, 0.25) is 0 Å². The van der Waals surface area contributed by atoms with Crippen molar-refractivity contribution in [2.75, 3.05) is 65.4 Å². The minimum Gasteiger partial charge on any atom is -0.497 e. The molecule has 0 bridgehead atoms. The molecule has 3 rings (SSSR count). The van der Waals surface area contributed by atoms with E-state index in [2.05, 4.69) is 5.32 Å². The van der Waals surface area contributed by atoms with Crippen LogP contribution in [0.15, 0.2) is 48.5 Å². The number of anilines is 1. The Morgan fingerprint density at radius 3 is 2.34 bits per heavy atom. The summed E-state index contributed by atoms with van der Waals surface area (Å²) in [6.07, 6.45) is 0. The summed E-state index contributed by atoms with van der Waals surface area (Å²) in [5.74, 6) is 2.21. The van der Waals surface area contributed by atoms with Crippen LogP contribution in [0.5, 0.6) is 17.2 Å². The van der Waals surface area contributed by atoms with E-state index in [0.717, 1.165) is 38.5 Å². The molecule has 1 saturated heterocycles. The van der Waals surface area contributed by atoms with Crippen LogP contribution in [-0.2, 0) is 4.79 Å². The molecule has 0 aromatic heterocycles. The van der Waals surface area contributed by atoms with Crippen LogP contribution in [-0.4, -0.2) is 66.0 Å². The van der Waals surface area contributed by atoms with Crippen LogP contribution in [0.4, 0.5) is 5.69 Å². The molecule has 7 heteroatoms. The summed E-state index contributed by atoms with van der Waals surface area (Å²) < 4.78 is 16.3. The summed E-state index contributed by atoms with van der Waals surface area (Å²) in [6, 6.07) is 15.3. The third-order valence-electron chi connectivity index (χ3n) is 5.23. The molecule has 2 aromatic carbocycles. The Balaban J connectivity index is 1.38. The number of nitrogens with one attached hydrogen (secondary N) is 3. The third kappa shape index (κ3) is 6.37. The zero-order valence-electron chi connectivity index (χ0n) is 17.2. The van der Waals surface area contributed by atoms with Gasteiger partial charge in [-0.25, -0.2) is 0 Å². The van der Waals surface area contributed by atoms with Crippen molar-refractivity contribution in [2.45, 2.75) is 0 Å². The lowest BCUT2D eigenvalue weighted by Gasteiger charge is -2.29. The molecule has 0 aliphatic carbocycles. The van der Waals surface area contributed by atoms with Crippen molar-refractivity contribution in [3.63, 3.8) is 0 Å². The lowest BCUT2D eigenvalue weighted by Crippen LogP contribution is -3.28. The number of methoxy groups -OCH3 is 2. The quantitative estimate of drug-likeness (QED) is 0.530. The van der Waals surface area contributed by atoms with E-state index in [-0.39, 0.29) is 5.91 Å². The Labute approximate surface area is 172 Å². The summed E-state index contributed by atoms with van der Waals surface area (Å²) in [4.78, 5) is 15.3. The molecule has 3 N–H and O–H groups in total. The van der Waals surface area contributed by atoms with Crippen molar-refractivity contribution in [3.8, 4) is 17.2 Å². The fourth-order valence-corrected chi connectivity index (χ4v) is 3.54. The van der Waals surface area contributed by atoms with E-state index in [1.807, 2.05) is 36.4 Å². The minimum absolute atomic E-state index is 0.000622. The standard InChI is InChI=1S/C22H29N3O4/c1-27-19-8-9-20(21(16-19)28-2)23-22(26)17-25-12-10-24(11-13-25)14-15-29-18-6-4-3-5-7-18/h3-9,16H,10-15,17H2,1-2H3,(H,23,26)/p+2. The fourth-order valence-electron chi connectivity index (χ4n) is 3.54. The molecule has 156 valence electrons. The number of benzene rings is 2. The van der Waals surface area contributed by atoms with Crippen molar-refractivity contribution in [2.24, 2.45) is 0 Å². The second-order valence-electron chi connectivity index (χ2n) is 7.20. The van der Waals surface area contributed by atoms with E-state index in [0.29, 0.717) is 30.3 Å². The number of rotatable bonds is 9. The predicted octanol–water partition coefficient (Wildman–Crippen LogP) is -0.495. The highest BCUT2D eigenvalue weighted by molar-refractivity contribution is 5.93. The molecule has 1 aliphatic heterocycles. The SMILES string of the molecule is COc1ccc(NC(=O)C[NH+]2CC[NH+](CCOc3ccccc3)CC2)c(OC)c1. The highest BCUT2D eigenvalue weighted by atomic mass is 16.5. The normalized spacial score (nSPS) is 18.7. The van der Waals surface area contributed by atoms with E-state index in [1.165, 1.54) is 9.80 Å². The van der Waals surface area contributed by atoms with E-state index in [9.17, 15) is 4.79 Å². The molecule has 0 spiro atoms. The van der Waals surface area contributed by atoms with Gasteiger partial charge in [-0.2, -0.15) is 0 Å². The molecule has 0 atom stereocenters. The lowest BCUT2D eigenvalue weighted by atomic mass is 10.2. The largest absolute Gasteiger partial charge is 0.497 e. The van der Waals surface area contributed by atoms with Gasteiger partial charge in [-0.3, -0.25) is 4.79 Å². The third-order valence-corrected chi connectivity index (χ3v) is 5.23. The van der Waals surface area contributed by atoms with Gasteiger partial charge in [0.25, 0.3) is 5.91 Å². The number of amides is 1. The fraction of sp³-hybridized carbons (Fsp3) is 0.409. The number of carbonyl (C=O) groups excluding carboxylic acids is 1. The number of hydrogen-bond acceptors (Lipinski definition) is 4. The molecular formula is C22H31N3O4+2. The van der Waals surface area contributed by atoms with Crippen LogP contribution in [0.1, 0.15) is 0 Å². The van der Waals surface area contributed by atoms with E-state index < -0.39 is 0 Å². The zero-order chi connectivity index (χ0) is 20.5. The smallest absolute Gasteiger partial charge is 0.279 e. The van der Waals surface area contributed by atoms with Crippen LogP contribution >= 0.6 is 0 Å². The molecule has 1 aliphatic rings. The number of ether oxygens (including phenoxy) is 3. The average Bonchev–Trinajstić information content (AvgIpc) is 2.76. The summed E-state index contributed by atoms with van der Waals surface area (Å²) in [5, 5.41) is 2.96. The van der Waals surface area contributed by atoms with Crippen molar-refractivity contribution < 1.29 is 28.8 Å². The van der Waals surface area contributed by atoms with Gasteiger partial charge in [0.05, 0.1) is 19.9 Å². The van der Waals surface area contributed by atoms with Gasteiger partial charge in [-0.1, -0.05) is 18.2 Å². The van der Waals surface area contributed by atoms with Crippen LogP contribution in [0.2, 0.25) is 0 Å². The van der Waals surface area contributed by atoms with E-state index >= 15 is 0 Å². The van der Waals surface area contributed by atoms with Crippen LogP contribution in [0.3, 0.4) is 0 Å². The van der Waals surface area contributed by atoms with Crippen LogP contribution in [0, 0.1) is 0 Å². The first kappa shape index (κ1) is 21.0. The van der Waals surface area contributed by atoms with Gasteiger partial charge >= 0.3 is 0 Å². The molecule has 29 heavy (non-hydrogen) atoms. The first-order chi connectivity index (χ1) is 14.2. The molecule has 1 fully saturated rings. The van der Waals surface area contributed by atoms with Gasteiger partial charge < -0.3 is 29.3 Å². The molecule has 7 nitrogen and oxygen atoms in total. The van der Waals surface area contributed by atoms with Crippen LogP contribution in [0.25, 0.3) is 0 Å². The lowest BCUT2D eigenvalue weighted by molar-refractivity contribution is -1.01. The molecule has 2 aromatic rings. The number of piperazine rings is 1. The topological polar surface area (TPSA) is 65.7 Å². The average molecular weight is 402 g/mol. The highest BCUT2D eigenvalue weighted by Crippen LogP contribution is 2.28. The zero-order valence-corrected chi connectivity index (χ0v) is 17.2. The Bertz CT molecular complexity index is 777. The van der Waals surface area contributed by atoms with Crippen molar-refractivity contribution in [1.29, 1.82) is 0 Å². The van der Waals surface area contributed by atoms with Gasteiger partial charge in [-0.05, 0) is 24.3 Å². The summed E-state index contributed by atoms with van der Waals surface area (Å²) in [5.41, 5.74) is 0.667. The molecule has 1 heterocycles. The Morgan fingerprint density at radius 2 is 1.66 bits per heavy atom. The van der Waals surface area contributed by atoms with Gasteiger partial charge in [0, 0.05) is 6.07 Å². The second-order valence-corrected chi connectivity index (χ2v) is 7.20. The number of para-hydroxylation sites is 1. The molecule has 0 saturated carbocycles. The van der Waals surface area contributed by atoms with E-state index in [1.54, 1.807) is 26.4 Å². The van der Waals surface area contributed by atoms with Crippen LogP contribution < -0.4 is 29.3 Å². The highest BCUT2D eigenvalue weighted by Gasteiger charge is 2.25. The van der Waals surface area contributed by atoms with E-state index in [4.69, 9.17) is 14.2 Å². The first-order valence-electron chi connectivity index (χ1n) is 10.0. The monoisotopic (exact) mass is 401 g/mol. The Kier molecular flexibility index (Phi) is 7.72. The van der Waals surface area contributed by atoms with Gasteiger partial charge in [0.15, 0.2) is 6.54 Å². The maximum atomic E-state index is 12.5. The second kappa shape index (κ2) is 10.7. The van der Waals surface area contributed by atoms with Crippen molar-refractivity contribution in [1.82, 2.24) is 0 Å². The Hall–Kier alpha value is -2.77. The summed E-state index contributed by atoms with van der Waals surface area (Å²) in [7, 11) is 3.19. The number of carbonyl (C=O) groups is 1. The summed E-state index contributed by atoms with van der Waals surface area (Å²) >= 11 is 0. The van der Waals surface area contributed by atoms with Gasteiger partial charge in [0.1, 0.15) is 56.6 Å². The molecule has 0 unspecified atom stereocenters. The predicted molar refractivity (Wildman–Crippen MR) is 111 cm³/mol. The van der Waals surface area contributed by atoms with Crippen molar-refractivity contribution >= 4 is 11.6 Å². The first-order valence-corrected chi connectivity index (χ1v) is 10.0. The summed E-state index contributed by atoms with van der Waals surface area (Å²) in [6.45, 7) is 6.22. The number of quaternary nitrogens is 2. The minimum atomic E-state index is -0.000622. The maximum Gasteiger partial charge on any atom is 0.279 e. The molecule has 1 amide bonds. The van der Waals surface area contributed by atoms with Crippen molar-refractivity contribution in [3.05, 3.63) is 48.5 Å². The van der Waals surface area contributed by atoms with Gasteiger partial charge in [-0.15, -0.1) is 0 Å². The Morgan fingerprint density at radius 1 is 0.931 bits per heavy atom.